The number of phenols is 8. The number of aliphatic hydroxyl groups excluding tert-OH is 4. The van der Waals surface area contributed by atoms with Gasteiger partial charge in [-0.15, -0.1) is 0 Å². The molecule has 0 aromatic heterocycles. The number of ketones is 2. The van der Waals surface area contributed by atoms with Gasteiger partial charge in [-0.05, 0) is 93.0 Å². The minimum absolute atomic E-state index is 0.287. The number of allylic oxidation sites excluding steroid dienone is 2. The van der Waals surface area contributed by atoms with E-state index >= 15 is 9.59 Å². The normalized spacial score (nSPS) is 37.4. The second-order valence-corrected chi connectivity index (χ2v) is 27.3. The van der Waals surface area contributed by atoms with Crippen molar-refractivity contribution in [2.45, 2.75) is 202 Å². The minimum atomic E-state index is -2.54. The number of nitrogens with zero attached hydrogens (tertiary/aromatic N) is 4. The van der Waals surface area contributed by atoms with Crippen LogP contribution in [0.4, 0.5) is 0 Å². The first-order valence-electron chi connectivity index (χ1n) is 32.8. The molecule has 8 aliphatic rings. The summed E-state index contributed by atoms with van der Waals surface area (Å²) in [6.07, 6.45) is -22.9. The average molecular weight is 1370 g/mol. The third-order valence-corrected chi connectivity index (χ3v) is 21.7. The molecule has 0 spiro atoms. The van der Waals surface area contributed by atoms with E-state index in [1.165, 1.54) is 14.2 Å². The van der Waals surface area contributed by atoms with Gasteiger partial charge >= 0.3 is 0 Å². The highest BCUT2D eigenvalue weighted by Gasteiger charge is 2.72. The number of benzene rings is 4. The lowest BCUT2D eigenvalue weighted by atomic mass is 9.54. The van der Waals surface area contributed by atoms with Gasteiger partial charge in [-0.2, -0.15) is 10.2 Å². The molecule has 0 bridgehead atoms. The monoisotopic (exact) mass is 1370 g/mol. The van der Waals surface area contributed by atoms with Gasteiger partial charge in [0.25, 0.3) is 0 Å². The smallest absolute Gasteiger partial charge is 0.171 e. The second kappa shape index (κ2) is 26.1. The molecule has 4 aliphatic carbocycles. The average Bonchev–Trinajstić information content (AvgIpc) is 1.41. The first-order chi connectivity index (χ1) is 46.4. The van der Waals surface area contributed by atoms with Gasteiger partial charge in [-0.1, -0.05) is 13.8 Å². The topological polar surface area (TPSA) is 452 Å². The predicted molar refractivity (Wildman–Crippen MR) is 348 cm³/mol. The number of carbonyl (C=O) groups is 2. The van der Waals surface area contributed by atoms with E-state index in [-0.39, 0.29) is 36.8 Å². The Balaban J connectivity index is 1.23. The molecule has 4 aromatic carbocycles. The van der Waals surface area contributed by atoms with Gasteiger partial charge in [0.15, 0.2) is 36.7 Å². The van der Waals surface area contributed by atoms with Crippen molar-refractivity contribution in [1.82, 2.24) is 9.80 Å². The molecule has 98 heavy (non-hydrogen) atoms. The Hall–Kier alpha value is -7.08. The molecule has 16 N–H and O–H groups in total. The van der Waals surface area contributed by atoms with Crippen molar-refractivity contribution in [3.63, 3.8) is 0 Å². The van der Waals surface area contributed by atoms with E-state index in [1.54, 1.807) is 79.5 Å². The van der Waals surface area contributed by atoms with E-state index < -0.39 is 270 Å². The summed E-state index contributed by atoms with van der Waals surface area (Å²) in [6, 6.07) is 2.92. The number of methoxy groups -OCH3 is 2. The third kappa shape index (κ3) is 10.6. The van der Waals surface area contributed by atoms with Crippen LogP contribution in [0.2, 0.25) is 0 Å². The number of nitrogens with two attached hydrogens (primary N) is 2. The molecule has 0 saturated carbocycles. The SMILES string of the molecule is CC[C@@]1(O[C@@H]2C[C@@H](OC)[C@H](O)[C@@H](C)O2)[C@H](O[C@@H]2C[C@H](O)[C@@H](N(C)C)[C@H](C)O2)C2=C(C(=O)[C@@H]1[C@H]1C(=O)C3=C(C(=NN)c4c3c(O)c3c(O)ccc(O)c3c4O)[C@@H](O[C@H]3C[C@@H](O)[C@H](N(C)C)[C@@H](C)O3)[C@@]1(CC)O[C@H]1C[C@H](OC)[C@@H](O)[C@H](C)O1)c1c(c(O)c3c(O)ccc(O)c3c1O)C2=NN. The summed E-state index contributed by atoms with van der Waals surface area (Å²) in [5.74, 6) is 0.0725. The number of ether oxygens (including phenoxy) is 10. The number of Topliss-reactive ketones (excluding diaryl/α,β-unsaturated/α-hetero) is 2. The van der Waals surface area contributed by atoms with Crippen molar-refractivity contribution in [3.05, 3.63) is 57.7 Å². The molecule has 4 aromatic rings. The van der Waals surface area contributed by atoms with Crippen LogP contribution in [-0.2, 0) is 57.0 Å². The summed E-state index contributed by atoms with van der Waals surface area (Å²) in [5, 5.41) is 152. The summed E-state index contributed by atoms with van der Waals surface area (Å²) >= 11 is 0. The van der Waals surface area contributed by atoms with E-state index in [1.807, 2.05) is 0 Å². The Kier molecular flexibility index (Phi) is 18.9. The van der Waals surface area contributed by atoms with Gasteiger partial charge in [0.05, 0.1) is 105 Å². The van der Waals surface area contributed by atoms with Crippen LogP contribution in [0.15, 0.2) is 45.6 Å². The zero-order valence-electron chi connectivity index (χ0n) is 56.3. The standard InChI is InChI=1S/C68H88N6O24/c1-13-67(97-37-21-33(89-11)57(81)25(5)93-37)51(63(87)45-43-47(61(85)41-29(77)17-15-27(75)39(41)59(43)83)53(71-69)49(45)65(67)95-35-19-31(79)55(73(7)8)23(3)91-35)52-64(88)46-44-48(62(86)42-30(78)18-16-28(76)40(42)60(44)84)54(72-70)50(46)66(96-36-20-32(80)56(74(9)10)24(4)92-36)68(52,14-2)98-38-22-34(90-12)58(82)26(6)94-38/h15-18,23-26,31-38,51-52,55-58,65-66,75-86H,13-14,19-22,69-70H2,1-12H3/t23-,24+,25+,26-,31-,32+,33+,34-,35+,36-,37+,38-,51-,52-,55-,56+,57+,58-,65+,66+,67-,68-/m0/s1. The van der Waals surface area contributed by atoms with Crippen LogP contribution in [0, 0.1) is 11.8 Å². The zero-order chi connectivity index (χ0) is 71.1. The van der Waals surface area contributed by atoms with Gasteiger partial charge in [-0.25, -0.2) is 0 Å². The Labute approximate surface area is 563 Å². The van der Waals surface area contributed by atoms with Crippen molar-refractivity contribution in [2.24, 2.45) is 33.7 Å². The quantitative estimate of drug-likeness (QED) is 0.0462. The van der Waals surface area contributed by atoms with E-state index in [4.69, 9.17) is 59.1 Å². The molecule has 4 fully saturated rings. The van der Waals surface area contributed by atoms with Crippen LogP contribution in [0.1, 0.15) is 102 Å². The van der Waals surface area contributed by atoms with Crippen LogP contribution in [-0.4, -0.2) is 258 Å². The molecular formula is C68H88N6O24. The molecule has 534 valence electrons. The van der Waals surface area contributed by atoms with Gasteiger partial charge in [0.2, 0.25) is 0 Å². The van der Waals surface area contributed by atoms with Crippen molar-refractivity contribution < 1.29 is 118 Å². The van der Waals surface area contributed by atoms with Crippen molar-refractivity contribution in [1.29, 1.82) is 0 Å². The largest absolute Gasteiger partial charge is 0.507 e. The second-order valence-electron chi connectivity index (χ2n) is 27.3. The fourth-order valence-corrected chi connectivity index (χ4v) is 17.3. The highest BCUT2D eigenvalue weighted by Crippen LogP contribution is 2.65. The molecule has 0 unspecified atom stereocenters. The molecule has 4 saturated heterocycles. The fraction of sp³-hybridized carbons (Fsp3) is 0.588. The summed E-state index contributed by atoms with van der Waals surface area (Å²) in [4.78, 5) is 39.5. The maximum absolute atomic E-state index is 18.0. The number of rotatable bonds is 15. The van der Waals surface area contributed by atoms with Crippen LogP contribution in [0.3, 0.4) is 0 Å². The number of aliphatic hydroxyl groups is 4. The lowest BCUT2D eigenvalue weighted by molar-refractivity contribution is -0.344. The highest BCUT2D eigenvalue weighted by molar-refractivity contribution is 6.44. The van der Waals surface area contributed by atoms with Gasteiger partial charge in [0.1, 0.15) is 93.0 Å². The van der Waals surface area contributed by atoms with Crippen molar-refractivity contribution in [2.75, 3.05) is 42.4 Å². The van der Waals surface area contributed by atoms with Crippen LogP contribution >= 0.6 is 0 Å². The Bertz CT molecular complexity index is 3720. The maximum atomic E-state index is 18.0. The number of fused-ring (bicyclic) bond motifs is 6. The molecule has 22 atom stereocenters. The van der Waals surface area contributed by atoms with E-state index in [0.29, 0.717) is 0 Å². The summed E-state index contributed by atoms with van der Waals surface area (Å²) in [5.41, 5.74) is -9.76. The molecule has 4 heterocycles. The van der Waals surface area contributed by atoms with E-state index in [2.05, 4.69) is 10.2 Å². The first kappa shape index (κ1) is 70.8. The third-order valence-electron chi connectivity index (χ3n) is 21.7. The number of hydrazone groups is 2. The molecule has 4 aliphatic heterocycles. The summed E-state index contributed by atoms with van der Waals surface area (Å²) in [7, 11) is 9.69. The van der Waals surface area contributed by atoms with Crippen LogP contribution < -0.4 is 11.7 Å². The molecule has 30 heteroatoms. The molecule has 12 rings (SSSR count). The lowest BCUT2D eigenvalue weighted by Gasteiger charge is -2.58. The Morgan fingerprint density at radius 1 is 0.490 bits per heavy atom. The molecule has 30 nitrogen and oxygen atoms in total. The predicted octanol–water partition coefficient (Wildman–Crippen LogP) is 2.57. The van der Waals surface area contributed by atoms with Crippen molar-refractivity contribution >= 4 is 55.7 Å². The summed E-state index contributed by atoms with van der Waals surface area (Å²) in [6.45, 7) is 9.67. The van der Waals surface area contributed by atoms with Gasteiger partial charge in [-0.3, -0.25) is 9.59 Å². The number of hydrogen-bond acceptors (Lipinski definition) is 30. The van der Waals surface area contributed by atoms with Gasteiger partial charge in [0, 0.05) is 73.3 Å². The Morgan fingerprint density at radius 3 is 1.07 bits per heavy atom. The zero-order valence-corrected chi connectivity index (χ0v) is 56.3. The molecular weight excluding hydrogens is 1280 g/mol. The molecule has 0 radical (unpaired) electrons. The number of hydrogen-bond donors (Lipinski definition) is 14. The van der Waals surface area contributed by atoms with Crippen molar-refractivity contribution in [3.8, 4) is 46.0 Å². The lowest BCUT2D eigenvalue weighted by Crippen LogP contribution is -2.71. The number of phenolic OH excluding ortho intramolecular Hbond substituents is 8. The highest BCUT2D eigenvalue weighted by atomic mass is 16.7. The minimum Gasteiger partial charge on any atom is -0.507 e. The maximum Gasteiger partial charge on any atom is 0.171 e. The molecule has 0 amide bonds. The van der Waals surface area contributed by atoms with Crippen LogP contribution in [0.25, 0.3) is 32.7 Å². The Morgan fingerprint density at radius 2 is 0.796 bits per heavy atom. The summed E-state index contributed by atoms with van der Waals surface area (Å²) < 4.78 is 68.3. The van der Waals surface area contributed by atoms with Gasteiger partial charge < -0.3 is 130 Å². The van der Waals surface area contributed by atoms with Crippen LogP contribution in [0.5, 0.6) is 46.0 Å². The van der Waals surface area contributed by atoms with E-state index in [0.717, 1.165) is 24.3 Å². The van der Waals surface area contributed by atoms with E-state index in [9.17, 15) is 61.3 Å². The fourth-order valence-electron chi connectivity index (χ4n) is 17.3. The number of likely N-dealkylation sites (N-methyl/N-ethyl adjacent to an activating group) is 2. The number of carbonyl (C=O) groups excluding carboxylic acids is 2. The first-order valence-corrected chi connectivity index (χ1v) is 32.8. The number of aromatic hydroxyl groups is 8.